The standard InChI is InChI=1S/C17H21N3O/c1-13-11-16(15-7-5-14(12-21)6-8-15)19-17(18-13)20-9-3-2-4-10-20/h5-8,11,21H,2-4,9-10,12H2,1H3. The van der Waals surface area contributed by atoms with Crippen molar-refractivity contribution < 1.29 is 5.11 Å². The zero-order valence-corrected chi connectivity index (χ0v) is 12.4. The van der Waals surface area contributed by atoms with Gasteiger partial charge in [-0.25, -0.2) is 9.97 Å². The van der Waals surface area contributed by atoms with Gasteiger partial charge in [0.15, 0.2) is 0 Å². The average molecular weight is 283 g/mol. The van der Waals surface area contributed by atoms with Crippen LogP contribution in [0.1, 0.15) is 30.5 Å². The molecule has 1 fully saturated rings. The second-order valence-electron chi connectivity index (χ2n) is 5.60. The summed E-state index contributed by atoms with van der Waals surface area (Å²) in [7, 11) is 0. The summed E-state index contributed by atoms with van der Waals surface area (Å²) in [5.41, 5.74) is 3.93. The Kier molecular flexibility index (Phi) is 4.15. The first-order chi connectivity index (χ1) is 10.3. The van der Waals surface area contributed by atoms with Crippen LogP contribution in [-0.4, -0.2) is 28.2 Å². The monoisotopic (exact) mass is 283 g/mol. The molecular weight excluding hydrogens is 262 g/mol. The van der Waals surface area contributed by atoms with E-state index >= 15 is 0 Å². The highest BCUT2D eigenvalue weighted by Gasteiger charge is 2.15. The molecule has 0 saturated carbocycles. The Hall–Kier alpha value is -1.94. The highest BCUT2D eigenvalue weighted by Crippen LogP contribution is 2.23. The van der Waals surface area contributed by atoms with Gasteiger partial charge in [-0.3, -0.25) is 0 Å². The Morgan fingerprint density at radius 1 is 1.05 bits per heavy atom. The Morgan fingerprint density at radius 3 is 2.43 bits per heavy atom. The molecule has 21 heavy (non-hydrogen) atoms. The number of nitrogens with zero attached hydrogens (tertiary/aromatic N) is 3. The number of piperidine rings is 1. The third-order valence-electron chi connectivity index (χ3n) is 3.91. The van der Waals surface area contributed by atoms with Crippen LogP contribution in [0.4, 0.5) is 5.95 Å². The van der Waals surface area contributed by atoms with E-state index in [9.17, 15) is 0 Å². The van der Waals surface area contributed by atoms with Crippen molar-refractivity contribution in [3.8, 4) is 11.3 Å². The van der Waals surface area contributed by atoms with Gasteiger partial charge in [0, 0.05) is 24.3 Å². The van der Waals surface area contributed by atoms with Crippen molar-refractivity contribution in [1.29, 1.82) is 0 Å². The van der Waals surface area contributed by atoms with Gasteiger partial charge in [0.1, 0.15) is 0 Å². The lowest BCUT2D eigenvalue weighted by molar-refractivity contribution is 0.282. The lowest BCUT2D eigenvalue weighted by Crippen LogP contribution is -2.31. The molecule has 3 rings (SSSR count). The zero-order valence-electron chi connectivity index (χ0n) is 12.4. The molecular formula is C17H21N3O. The number of aromatic nitrogens is 2. The van der Waals surface area contributed by atoms with Crippen LogP contribution >= 0.6 is 0 Å². The van der Waals surface area contributed by atoms with Crippen molar-refractivity contribution in [2.24, 2.45) is 0 Å². The van der Waals surface area contributed by atoms with Gasteiger partial charge in [0.05, 0.1) is 12.3 Å². The summed E-state index contributed by atoms with van der Waals surface area (Å²) in [5.74, 6) is 0.843. The quantitative estimate of drug-likeness (QED) is 0.941. The lowest BCUT2D eigenvalue weighted by Gasteiger charge is -2.27. The zero-order chi connectivity index (χ0) is 14.7. The molecule has 2 heterocycles. The van der Waals surface area contributed by atoms with Crippen LogP contribution in [0.15, 0.2) is 30.3 Å². The Balaban J connectivity index is 1.92. The van der Waals surface area contributed by atoms with Crippen LogP contribution in [0, 0.1) is 6.92 Å². The topological polar surface area (TPSA) is 49.3 Å². The number of aliphatic hydroxyl groups excluding tert-OH is 1. The van der Waals surface area contributed by atoms with Gasteiger partial charge in [-0.1, -0.05) is 24.3 Å². The van der Waals surface area contributed by atoms with E-state index in [1.165, 1.54) is 19.3 Å². The van der Waals surface area contributed by atoms with Crippen LogP contribution in [0.2, 0.25) is 0 Å². The van der Waals surface area contributed by atoms with Gasteiger partial charge in [0.2, 0.25) is 5.95 Å². The first-order valence-electron chi connectivity index (χ1n) is 7.57. The predicted molar refractivity (Wildman–Crippen MR) is 84.2 cm³/mol. The van der Waals surface area contributed by atoms with Gasteiger partial charge in [-0.15, -0.1) is 0 Å². The van der Waals surface area contributed by atoms with E-state index in [1.54, 1.807) is 0 Å². The molecule has 0 aliphatic carbocycles. The number of hydrogen-bond acceptors (Lipinski definition) is 4. The van der Waals surface area contributed by atoms with Gasteiger partial charge in [-0.2, -0.15) is 0 Å². The molecule has 0 spiro atoms. The largest absolute Gasteiger partial charge is 0.392 e. The fourth-order valence-electron chi connectivity index (χ4n) is 2.72. The summed E-state index contributed by atoms with van der Waals surface area (Å²) in [6.07, 6.45) is 3.74. The van der Waals surface area contributed by atoms with Crippen molar-refractivity contribution in [3.05, 3.63) is 41.6 Å². The number of anilines is 1. The fourth-order valence-corrected chi connectivity index (χ4v) is 2.72. The second-order valence-corrected chi connectivity index (χ2v) is 5.60. The number of aliphatic hydroxyl groups is 1. The van der Waals surface area contributed by atoms with Crippen LogP contribution < -0.4 is 4.90 Å². The first kappa shape index (κ1) is 14.0. The third-order valence-corrected chi connectivity index (χ3v) is 3.91. The van der Waals surface area contributed by atoms with Crippen molar-refractivity contribution in [3.63, 3.8) is 0 Å². The van der Waals surface area contributed by atoms with Gasteiger partial charge in [-0.05, 0) is 37.8 Å². The molecule has 0 bridgehead atoms. The minimum atomic E-state index is 0.0715. The summed E-state index contributed by atoms with van der Waals surface area (Å²) in [5, 5.41) is 9.13. The van der Waals surface area contributed by atoms with Crippen molar-refractivity contribution in [2.75, 3.05) is 18.0 Å². The summed E-state index contributed by atoms with van der Waals surface area (Å²) in [6.45, 7) is 4.18. The molecule has 1 aliphatic heterocycles. The van der Waals surface area contributed by atoms with Gasteiger partial charge >= 0.3 is 0 Å². The SMILES string of the molecule is Cc1cc(-c2ccc(CO)cc2)nc(N2CCCCC2)n1. The summed E-state index contributed by atoms with van der Waals surface area (Å²) < 4.78 is 0. The second kappa shape index (κ2) is 6.22. The molecule has 1 saturated heterocycles. The van der Waals surface area contributed by atoms with Crippen LogP contribution in [-0.2, 0) is 6.61 Å². The molecule has 1 aromatic heterocycles. The maximum atomic E-state index is 9.13. The number of hydrogen-bond donors (Lipinski definition) is 1. The molecule has 1 aliphatic rings. The van der Waals surface area contributed by atoms with E-state index in [4.69, 9.17) is 10.1 Å². The van der Waals surface area contributed by atoms with E-state index in [0.717, 1.165) is 41.6 Å². The predicted octanol–water partition coefficient (Wildman–Crippen LogP) is 2.93. The molecule has 0 unspecified atom stereocenters. The maximum absolute atomic E-state index is 9.13. The Bertz CT molecular complexity index is 604. The third kappa shape index (κ3) is 3.22. The summed E-state index contributed by atoms with van der Waals surface area (Å²) in [6, 6.07) is 9.91. The molecule has 0 atom stereocenters. The Morgan fingerprint density at radius 2 is 1.76 bits per heavy atom. The van der Waals surface area contributed by atoms with Crippen molar-refractivity contribution >= 4 is 5.95 Å². The molecule has 1 N–H and O–H groups in total. The number of benzene rings is 1. The molecule has 2 aromatic rings. The van der Waals surface area contributed by atoms with Crippen molar-refractivity contribution in [1.82, 2.24) is 9.97 Å². The normalized spacial score (nSPS) is 15.2. The van der Waals surface area contributed by atoms with E-state index in [-0.39, 0.29) is 6.61 Å². The summed E-state index contributed by atoms with van der Waals surface area (Å²) >= 11 is 0. The lowest BCUT2D eigenvalue weighted by atomic mass is 10.1. The van der Waals surface area contributed by atoms with Gasteiger partial charge < -0.3 is 10.0 Å². The highest BCUT2D eigenvalue weighted by atomic mass is 16.3. The number of aryl methyl sites for hydroxylation is 1. The first-order valence-corrected chi connectivity index (χ1v) is 7.57. The maximum Gasteiger partial charge on any atom is 0.226 e. The van der Waals surface area contributed by atoms with Crippen LogP contribution in [0.3, 0.4) is 0 Å². The van der Waals surface area contributed by atoms with Crippen molar-refractivity contribution in [2.45, 2.75) is 32.8 Å². The molecule has 110 valence electrons. The van der Waals surface area contributed by atoms with Crippen LogP contribution in [0.25, 0.3) is 11.3 Å². The fraction of sp³-hybridized carbons (Fsp3) is 0.412. The minimum absolute atomic E-state index is 0.0715. The average Bonchev–Trinajstić information content (AvgIpc) is 2.55. The van der Waals surface area contributed by atoms with E-state index in [1.807, 2.05) is 37.3 Å². The highest BCUT2D eigenvalue weighted by molar-refractivity contribution is 5.61. The minimum Gasteiger partial charge on any atom is -0.392 e. The number of rotatable bonds is 3. The van der Waals surface area contributed by atoms with Gasteiger partial charge in [0.25, 0.3) is 0 Å². The van der Waals surface area contributed by atoms with E-state index in [0.29, 0.717) is 0 Å². The molecule has 4 nitrogen and oxygen atoms in total. The van der Waals surface area contributed by atoms with E-state index < -0.39 is 0 Å². The summed E-state index contributed by atoms with van der Waals surface area (Å²) in [4.78, 5) is 11.6. The smallest absolute Gasteiger partial charge is 0.226 e. The Labute approximate surface area is 125 Å². The molecule has 0 amide bonds. The molecule has 1 aromatic carbocycles. The van der Waals surface area contributed by atoms with Crippen LogP contribution in [0.5, 0.6) is 0 Å². The molecule has 4 heteroatoms. The van der Waals surface area contributed by atoms with E-state index in [2.05, 4.69) is 9.88 Å². The molecule has 0 radical (unpaired) electrons.